The third kappa shape index (κ3) is 4.83. The predicted octanol–water partition coefficient (Wildman–Crippen LogP) is 1.85. The number of fused-ring (bicyclic) bond motifs is 1. The molecule has 6 nitrogen and oxygen atoms in total. The van der Waals surface area contributed by atoms with E-state index in [0.717, 1.165) is 44.7 Å². The van der Waals surface area contributed by atoms with Crippen molar-refractivity contribution in [3.8, 4) is 0 Å². The Bertz CT molecular complexity index is 462. The third-order valence-corrected chi connectivity index (χ3v) is 4.39. The Morgan fingerprint density at radius 2 is 2.09 bits per heavy atom. The molecule has 2 aliphatic rings. The molecule has 2 N–H and O–H groups in total. The van der Waals surface area contributed by atoms with Crippen LogP contribution in [0.3, 0.4) is 0 Å². The van der Waals surface area contributed by atoms with E-state index < -0.39 is 0 Å². The largest absolute Gasteiger partial charge is 0.346 e. The van der Waals surface area contributed by atoms with Crippen LogP contribution in [-0.4, -0.2) is 33.8 Å². The summed E-state index contributed by atoms with van der Waals surface area (Å²) in [4.78, 5) is 16.4. The highest BCUT2D eigenvalue weighted by atomic mass is 35.5. The molecule has 1 atom stereocenters. The fourth-order valence-electron chi connectivity index (χ4n) is 3.20. The van der Waals surface area contributed by atoms with Crippen LogP contribution in [0.25, 0.3) is 0 Å². The van der Waals surface area contributed by atoms with Gasteiger partial charge in [-0.2, -0.15) is 5.10 Å². The molecule has 1 unspecified atom stereocenters. The summed E-state index contributed by atoms with van der Waals surface area (Å²) in [5, 5.41) is 10.7. The number of nitrogens with zero attached hydrogens (tertiary/aromatic N) is 3. The van der Waals surface area contributed by atoms with Gasteiger partial charge in [-0.15, -0.1) is 24.8 Å². The smallest absolute Gasteiger partial charge is 0.220 e. The Balaban J connectivity index is 0.00000121. The van der Waals surface area contributed by atoms with E-state index >= 15 is 0 Å². The van der Waals surface area contributed by atoms with Crippen molar-refractivity contribution < 1.29 is 4.79 Å². The van der Waals surface area contributed by atoms with Crippen LogP contribution < -0.4 is 10.6 Å². The number of halogens is 2. The second-order valence-corrected chi connectivity index (χ2v) is 5.84. The maximum Gasteiger partial charge on any atom is 0.220 e. The normalized spacial score (nSPS) is 21.2. The van der Waals surface area contributed by atoms with E-state index in [0.29, 0.717) is 12.3 Å². The van der Waals surface area contributed by atoms with Gasteiger partial charge in [-0.1, -0.05) is 0 Å². The molecule has 8 heteroatoms. The Kier molecular flexibility index (Phi) is 8.14. The zero-order valence-electron chi connectivity index (χ0n) is 12.7. The molecule has 0 aromatic carbocycles. The van der Waals surface area contributed by atoms with Crippen LogP contribution in [0.2, 0.25) is 0 Å². The van der Waals surface area contributed by atoms with Crippen LogP contribution >= 0.6 is 24.8 Å². The SMILES string of the molecule is Cl.Cl.O=C(CCC1CCNCC1)NC1CCCn2ncnc21. The van der Waals surface area contributed by atoms with Crippen molar-refractivity contribution in [2.24, 2.45) is 5.92 Å². The number of carbonyl (C=O) groups is 1. The van der Waals surface area contributed by atoms with E-state index in [1.165, 1.54) is 12.8 Å². The van der Waals surface area contributed by atoms with Crippen LogP contribution in [0.4, 0.5) is 0 Å². The van der Waals surface area contributed by atoms with E-state index in [1.54, 1.807) is 6.33 Å². The van der Waals surface area contributed by atoms with E-state index in [2.05, 4.69) is 20.7 Å². The number of aryl methyl sites for hydroxylation is 1. The average Bonchev–Trinajstić information content (AvgIpc) is 2.96. The quantitative estimate of drug-likeness (QED) is 0.869. The lowest BCUT2D eigenvalue weighted by Gasteiger charge is -2.24. The molecule has 2 aliphatic heterocycles. The van der Waals surface area contributed by atoms with Crippen molar-refractivity contribution in [3.63, 3.8) is 0 Å². The summed E-state index contributed by atoms with van der Waals surface area (Å²) in [6.07, 6.45) is 7.64. The Hall–Kier alpha value is -0.850. The highest BCUT2D eigenvalue weighted by molar-refractivity contribution is 5.85. The lowest BCUT2D eigenvalue weighted by Crippen LogP contribution is -2.34. The van der Waals surface area contributed by atoms with E-state index in [9.17, 15) is 4.79 Å². The molecule has 1 aromatic rings. The number of hydrogen-bond donors (Lipinski definition) is 2. The number of amides is 1. The zero-order valence-corrected chi connectivity index (χ0v) is 14.3. The van der Waals surface area contributed by atoms with Crippen LogP contribution in [0.5, 0.6) is 0 Å². The van der Waals surface area contributed by atoms with E-state index in [4.69, 9.17) is 0 Å². The molecule has 3 rings (SSSR count). The number of rotatable bonds is 4. The topological polar surface area (TPSA) is 71.8 Å². The maximum absolute atomic E-state index is 12.1. The molecular formula is C14H25Cl2N5O. The van der Waals surface area contributed by atoms with Gasteiger partial charge in [0.25, 0.3) is 0 Å². The van der Waals surface area contributed by atoms with E-state index in [1.807, 2.05) is 4.68 Å². The molecule has 1 amide bonds. The molecule has 0 spiro atoms. The van der Waals surface area contributed by atoms with Gasteiger partial charge < -0.3 is 10.6 Å². The molecule has 0 saturated carbocycles. The number of carbonyl (C=O) groups excluding carboxylic acids is 1. The van der Waals surface area contributed by atoms with Crippen LogP contribution in [0.15, 0.2) is 6.33 Å². The molecule has 1 fully saturated rings. The minimum atomic E-state index is 0. The third-order valence-electron chi connectivity index (χ3n) is 4.39. The van der Waals surface area contributed by atoms with Crippen molar-refractivity contribution >= 4 is 30.7 Å². The fraction of sp³-hybridized carbons (Fsp3) is 0.786. The van der Waals surface area contributed by atoms with Crippen LogP contribution in [0, 0.1) is 5.92 Å². The molecule has 1 saturated heterocycles. The van der Waals surface area contributed by atoms with Crippen molar-refractivity contribution in [2.75, 3.05) is 13.1 Å². The molecule has 3 heterocycles. The standard InChI is InChI=1S/C14H23N5O.2ClH/c20-13(4-3-11-5-7-15-8-6-11)18-12-2-1-9-19-14(12)16-10-17-19;;/h10-12,15H,1-9H2,(H,18,20);2*1H. The average molecular weight is 350 g/mol. The molecule has 0 aliphatic carbocycles. The first-order valence-electron chi connectivity index (χ1n) is 7.70. The lowest BCUT2D eigenvalue weighted by atomic mass is 9.93. The molecule has 126 valence electrons. The molecule has 22 heavy (non-hydrogen) atoms. The first-order valence-corrected chi connectivity index (χ1v) is 7.70. The van der Waals surface area contributed by atoms with Gasteiger partial charge in [0.05, 0.1) is 6.04 Å². The van der Waals surface area contributed by atoms with Gasteiger partial charge in [0, 0.05) is 13.0 Å². The van der Waals surface area contributed by atoms with Crippen LogP contribution in [-0.2, 0) is 11.3 Å². The van der Waals surface area contributed by atoms with Crippen LogP contribution in [0.1, 0.15) is 50.4 Å². The van der Waals surface area contributed by atoms with Gasteiger partial charge in [-0.25, -0.2) is 9.67 Å². The van der Waals surface area contributed by atoms with Gasteiger partial charge in [0.2, 0.25) is 5.91 Å². The minimum Gasteiger partial charge on any atom is -0.346 e. The molecule has 0 bridgehead atoms. The van der Waals surface area contributed by atoms with Crippen molar-refractivity contribution in [2.45, 2.75) is 51.1 Å². The first kappa shape index (κ1) is 19.2. The summed E-state index contributed by atoms with van der Waals surface area (Å²) in [7, 11) is 0. The Labute approximate surface area is 143 Å². The second-order valence-electron chi connectivity index (χ2n) is 5.84. The van der Waals surface area contributed by atoms with Gasteiger partial charge in [0.1, 0.15) is 12.2 Å². The predicted molar refractivity (Wildman–Crippen MR) is 89.5 cm³/mol. The highest BCUT2D eigenvalue weighted by Crippen LogP contribution is 2.23. The number of piperidine rings is 1. The summed E-state index contributed by atoms with van der Waals surface area (Å²) < 4.78 is 1.90. The number of aromatic nitrogens is 3. The fourth-order valence-corrected chi connectivity index (χ4v) is 3.20. The second kappa shape index (κ2) is 9.33. The summed E-state index contributed by atoms with van der Waals surface area (Å²) in [5.41, 5.74) is 0. The zero-order chi connectivity index (χ0) is 13.8. The minimum absolute atomic E-state index is 0. The summed E-state index contributed by atoms with van der Waals surface area (Å²) in [5.74, 6) is 1.77. The van der Waals surface area contributed by atoms with Crippen molar-refractivity contribution in [3.05, 3.63) is 12.2 Å². The Morgan fingerprint density at radius 3 is 2.86 bits per heavy atom. The maximum atomic E-state index is 12.1. The lowest BCUT2D eigenvalue weighted by molar-refractivity contribution is -0.122. The van der Waals surface area contributed by atoms with Crippen molar-refractivity contribution in [1.82, 2.24) is 25.4 Å². The summed E-state index contributed by atoms with van der Waals surface area (Å²) >= 11 is 0. The summed E-state index contributed by atoms with van der Waals surface area (Å²) in [6, 6.07) is 0.0479. The van der Waals surface area contributed by atoms with Gasteiger partial charge in [-0.05, 0) is 51.1 Å². The van der Waals surface area contributed by atoms with Gasteiger partial charge in [-0.3, -0.25) is 4.79 Å². The monoisotopic (exact) mass is 349 g/mol. The molecular weight excluding hydrogens is 325 g/mol. The highest BCUT2D eigenvalue weighted by Gasteiger charge is 2.24. The first-order chi connectivity index (χ1) is 9.83. The molecule has 1 aromatic heterocycles. The van der Waals surface area contributed by atoms with E-state index in [-0.39, 0.29) is 36.8 Å². The van der Waals surface area contributed by atoms with Gasteiger partial charge in [0.15, 0.2) is 0 Å². The van der Waals surface area contributed by atoms with Crippen molar-refractivity contribution in [1.29, 1.82) is 0 Å². The number of nitrogens with one attached hydrogen (secondary N) is 2. The van der Waals surface area contributed by atoms with Gasteiger partial charge >= 0.3 is 0 Å². The summed E-state index contributed by atoms with van der Waals surface area (Å²) in [6.45, 7) is 3.10. The Morgan fingerprint density at radius 1 is 1.32 bits per heavy atom. The number of hydrogen-bond acceptors (Lipinski definition) is 4. The molecule has 0 radical (unpaired) electrons.